The maximum absolute atomic E-state index is 5.84. The second-order valence-corrected chi connectivity index (χ2v) is 8.51. The molecular weight excluding hydrogens is 452 g/mol. The lowest BCUT2D eigenvalue weighted by Crippen LogP contribution is -2.20. The van der Waals surface area contributed by atoms with E-state index < -0.39 is 0 Å². The Balaban J connectivity index is 1.63. The molecule has 0 bridgehead atoms. The Morgan fingerprint density at radius 3 is 2.47 bits per heavy atom. The summed E-state index contributed by atoms with van der Waals surface area (Å²) in [5, 5.41) is 5.50. The first-order chi connectivity index (χ1) is 17.6. The van der Waals surface area contributed by atoms with Crippen molar-refractivity contribution in [2.75, 3.05) is 20.8 Å². The molecule has 0 unspecified atom stereocenters. The van der Waals surface area contributed by atoms with E-state index in [-0.39, 0.29) is 0 Å². The number of ether oxygens (including phenoxy) is 3. The second kappa shape index (κ2) is 11.8. The number of aliphatic imine (C=N–C) groups is 1. The fourth-order valence-electron chi connectivity index (χ4n) is 3.49. The molecule has 0 radical (unpaired) electrons. The first-order valence-corrected chi connectivity index (χ1v) is 11.7. The Hall–Kier alpha value is -4.39. The molecule has 0 aliphatic rings. The molecule has 1 aromatic heterocycles. The summed E-state index contributed by atoms with van der Waals surface area (Å²) in [7, 11) is 3.25. The first kappa shape index (κ1) is 24.7. The third kappa shape index (κ3) is 6.18. The van der Waals surface area contributed by atoms with Crippen molar-refractivity contribution in [1.29, 1.82) is 0 Å². The molecule has 184 valence electrons. The fraction of sp³-hybridized carbons (Fsp3) is 0.207. The number of benzene rings is 3. The Bertz CT molecular complexity index is 1380. The van der Waals surface area contributed by atoms with E-state index >= 15 is 0 Å². The zero-order valence-corrected chi connectivity index (χ0v) is 20.9. The predicted molar refractivity (Wildman–Crippen MR) is 145 cm³/mol. The summed E-state index contributed by atoms with van der Waals surface area (Å²) in [6, 6.07) is 25.1. The van der Waals surface area contributed by atoms with Gasteiger partial charge in [0.05, 0.1) is 32.6 Å². The average molecular weight is 483 g/mol. The van der Waals surface area contributed by atoms with Crippen LogP contribution in [0.4, 0.5) is 5.69 Å². The lowest BCUT2D eigenvalue weighted by molar-refractivity contribution is 0.257. The highest BCUT2D eigenvalue weighted by atomic mass is 16.5. The van der Waals surface area contributed by atoms with Crippen LogP contribution >= 0.6 is 0 Å². The monoisotopic (exact) mass is 482 g/mol. The van der Waals surface area contributed by atoms with Crippen molar-refractivity contribution in [2.45, 2.75) is 13.8 Å². The predicted octanol–water partition coefficient (Wildman–Crippen LogP) is 5.99. The van der Waals surface area contributed by atoms with Crippen molar-refractivity contribution in [3.05, 3.63) is 90.1 Å². The molecule has 4 rings (SSSR count). The lowest BCUT2D eigenvalue weighted by Gasteiger charge is -2.12. The van der Waals surface area contributed by atoms with Crippen LogP contribution in [0.1, 0.15) is 25.1 Å². The summed E-state index contributed by atoms with van der Waals surface area (Å²) in [4.78, 5) is 9.57. The molecule has 0 aliphatic carbocycles. The van der Waals surface area contributed by atoms with Crippen molar-refractivity contribution >= 4 is 28.6 Å². The molecule has 0 saturated carbocycles. The van der Waals surface area contributed by atoms with E-state index in [0.29, 0.717) is 47.0 Å². The van der Waals surface area contributed by atoms with Crippen LogP contribution in [0.15, 0.2) is 89.0 Å². The van der Waals surface area contributed by atoms with Gasteiger partial charge in [-0.3, -0.25) is 5.43 Å². The second-order valence-electron chi connectivity index (χ2n) is 8.51. The first-order valence-electron chi connectivity index (χ1n) is 11.7. The van der Waals surface area contributed by atoms with Gasteiger partial charge in [-0.15, -0.1) is 0 Å². The maximum atomic E-state index is 5.84. The van der Waals surface area contributed by atoms with Crippen molar-refractivity contribution in [1.82, 2.24) is 10.4 Å². The van der Waals surface area contributed by atoms with Crippen LogP contribution in [-0.4, -0.2) is 37.9 Å². The smallest absolute Gasteiger partial charge is 0.173 e. The summed E-state index contributed by atoms with van der Waals surface area (Å²) >= 11 is 0. The van der Waals surface area contributed by atoms with Crippen LogP contribution < -0.4 is 19.6 Å². The van der Waals surface area contributed by atoms with Gasteiger partial charge in [-0.05, 0) is 53.9 Å². The number of methoxy groups -OCH3 is 2. The minimum absolute atomic E-state index is 0.421. The molecule has 0 amide bonds. The highest BCUT2D eigenvalue weighted by Gasteiger charge is 2.10. The number of pyridine rings is 1. The molecule has 0 fully saturated rings. The van der Waals surface area contributed by atoms with Gasteiger partial charge in [0.1, 0.15) is 17.1 Å². The molecule has 36 heavy (non-hydrogen) atoms. The van der Waals surface area contributed by atoms with Crippen LogP contribution in [0.5, 0.6) is 17.2 Å². The molecule has 7 heteroatoms. The maximum Gasteiger partial charge on any atom is 0.173 e. The molecule has 3 aromatic carbocycles. The summed E-state index contributed by atoms with van der Waals surface area (Å²) < 4.78 is 16.8. The molecule has 4 aromatic rings. The van der Waals surface area contributed by atoms with E-state index in [0.717, 1.165) is 16.5 Å². The number of hydrazone groups is 1. The third-order valence-electron chi connectivity index (χ3n) is 5.30. The number of fused-ring (bicyclic) bond motifs is 1. The summed E-state index contributed by atoms with van der Waals surface area (Å²) in [6.07, 6.45) is 1.70. The molecule has 1 heterocycles. The van der Waals surface area contributed by atoms with Crippen LogP contribution in [0, 0.1) is 5.92 Å². The van der Waals surface area contributed by atoms with E-state index in [1.165, 1.54) is 0 Å². The van der Waals surface area contributed by atoms with Gasteiger partial charge >= 0.3 is 0 Å². The molecule has 0 saturated heterocycles. The largest absolute Gasteiger partial charge is 0.494 e. The number of amidine groups is 1. The minimum atomic E-state index is 0.421. The van der Waals surface area contributed by atoms with Gasteiger partial charge in [0, 0.05) is 5.39 Å². The summed E-state index contributed by atoms with van der Waals surface area (Å²) in [5.74, 6) is 2.92. The van der Waals surface area contributed by atoms with Gasteiger partial charge in [0.15, 0.2) is 17.3 Å². The van der Waals surface area contributed by atoms with Gasteiger partial charge in [-0.1, -0.05) is 50.2 Å². The topological polar surface area (TPSA) is 77.3 Å². The summed E-state index contributed by atoms with van der Waals surface area (Å²) in [6.45, 7) is 4.83. The fourth-order valence-corrected chi connectivity index (χ4v) is 3.49. The van der Waals surface area contributed by atoms with E-state index in [1.807, 2.05) is 78.9 Å². The van der Waals surface area contributed by atoms with E-state index in [9.17, 15) is 0 Å². The lowest BCUT2D eigenvalue weighted by atomic mass is 10.2. The number of hydrogen-bond donors (Lipinski definition) is 1. The van der Waals surface area contributed by atoms with Crippen molar-refractivity contribution < 1.29 is 14.2 Å². The van der Waals surface area contributed by atoms with Gasteiger partial charge in [-0.2, -0.15) is 5.10 Å². The van der Waals surface area contributed by atoms with E-state index in [2.05, 4.69) is 24.4 Å². The number of aromatic nitrogens is 1. The van der Waals surface area contributed by atoms with Crippen molar-refractivity contribution in [2.24, 2.45) is 16.0 Å². The van der Waals surface area contributed by atoms with Crippen LogP contribution in [-0.2, 0) is 0 Å². The Labute approximate surface area is 211 Å². The normalized spacial score (nSPS) is 11.8. The van der Waals surface area contributed by atoms with E-state index in [4.69, 9.17) is 24.2 Å². The van der Waals surface area contributed by atoms with Crippen LogP contribution in [0.25, 0.3) is 10.9 Å². The highest BCUT2D eigenvalue weighted by molar-refractivity contribution is 6.01. The quantitative estimate of drug-likeness (QED) is 0.180. The average Bonchev–Trinajstić information content (AvgIpc) is 2.91. The van der Waals surface area contributed by atoms with Gasteiger partial charge < -0.3 is 14.2 Å². The number of nitrogens with zero attached hydrogens (tertiary/aromatic N) is 3. The molecular formula is C29H30N4O3. The molecule has 1 N–H and O–H groups in total. The Morgan fingerprint density at radius 1 is 0.889 bits per heavy atom. The Morgan fingerprint density at radius 2 is 1.67 bits per heavy atom. The van der Waals surface area contributed by atoms with Crippen molar-refractivity contribution in [3.63, 3.8) is 0 Å². The highest BCUT2D eigenvalue weighted by Crippen LogP contribution is 2.28. The van der Waals surface area contributed by atoms with Crippen LogP contribution in [0.2, 0.25) is 0 Å². The summed E-state index contributed by atoms with van der Waals surface area (Å²) in [5.41, 5.74) is 6.11. The molecule has 7 nitrogen and oxygen atoms in total. The zero-order chi connectivity index (χ0) is 25.3. The van der Waals surface area contributed by atoms with E-state index in [1.54, 1.807) is 20.4 Å². The number of nitrogens with one attached hydrogen (secondary N) is 1. The minimum Gasteiger partial charge on any atom is -0.494 e. The SMILES string of the molecule is COc1ccccc1N=C(NN=Cc1ccc(OCC(C)C)c(OC)c1)c1ccc2ccccc2n1. The van der Waals surface area contributed by atoms with Crippen molar-refractivity contribution in [3.8, 4) is 17.2 Å². The number of para-hydroxylation sites is 3. The Kier molecular flexibility index (Phi) is 8.13. The number of rotatable bonds is 9. The molecule has 0 spiro atoms. The van der Waals surface area contributed by atoms with Gasteiger partial charge in [-0.25, -0.2) is 9.98 Å². The van der Waals surface area contributed by atoms with Gasteiger partial charge in [0.2, 0.25) is 0 Å². The third-order valence-corrected chi connectivity index (χ3v) is 5.30. The molecule has 0 atom stereocenters. The zero-order valence-electron chi connectivity index (χ0n) is 20.9. The molecule has 0 aliphatic heterocycles. The van der Waals surface area contributed by atoms with Crippen LogP contribution in [0.3, 0.4) is 0 Å². The van der Waals surface area contributed by atoms with Gasteiger partial charge in [0.25, 0.3) is 0 Å². The standard InChI is InChI=1S/C29H30N4O3/c1-20(2)19-36-27-16-13-21(17-28(27)35-4)18-30-33-29(32-24-11-7-8-12-26(24)34-3)25-15-14-22-9-5-6-10-23(22)31-25/h5-18,20H,19H2,1-4H3,(H,32,33). The number of hydrogen-bond acceptors (Lipinski definition) is 6.